The molecule has 15 heavy (non-hydrogen) atoms. The van der Waals surface area contributed by atoms with E-state index < -0.39 is 0 Å². The molecule has 0 amide bonds. The number of rotatable bonds is 5. The van der Waals surface area contributed by atoms with Crippen LogP contribution in [0.15, 0.2) is 48.6 Å². The molecule has 0 aliphatic carbocycles. The molecule has 0 heterocycles. The fourth-order valence-electron chi connectivity index (χ4n) is 1.24. The molecule has 1 nitrogen and oxygen atoms in total. The van der Waals surface area contributed by atoms with E-state index in [0.717, 1.165) is 12.2 Å². The molecule has 0 saturated heterocycles. The van der Waals surface area contributed by atoms with Crippen LogP contribution < -0.4 is 4.74 Å². The Morgan fingerprint density at radius 3 is 2.80 bits per heavy atom. The highest BCUT2D eigenvalue weighted by molar-refractivity contribution is 5.34. The Morgan fingerprint density at radius 2 is 2.13 bits per heavy atom. The van der Waals surface area contributed by atoms with Crippen molar-refractivity contribution in [1.29, 1.82) is 0 Å². The second kappa shape index (κ2) is 6.07. The minimum atomic E-state index is 0.657. The number of para-hydroxylation sites is 1. The van der Waals surface area contributed by atoms with Crippen molar-refractivity contribution in [3.05, 3.63) is 54.1 Å². The highest BCUT2D eigenvalue weighted by atomic mass is 16.5. The maximum atomic E-state index is 5.73. The second-order valence-corrected chi connectivity index (χ2v) is 3.52. The van der Waals surface area contributed by atoms with Crippen molar-refractivity contribution in [2.75, 3.05) is 6.61 Å². The number of ether oxygens (including phenoxy) is 1. The molecule has 0 bridgehead atoms. The summed E-state index contributed by atoms with van der Waals surface area (Å²) in [6.45, 7) is 8.49. The van der Waals surface area contributed by atoms with Crippen LogP contribution in [-0.2, 0) is 6.42 Å². The lowest BCUT2D eigenvalue weighted by Crippen LogP contribution is -2.00. The molecule has 0 atom stereocenters. The van der Waals surface area contributed by atoms with Crippen LogP contribution in [0, 0.1) is 0 Å². The molecule has 80 valence electrons. The molecule has 0 saturated carbocycles. The molecule has 1 aromatic carbocycles. The van der Waals surface area contributed by atoms with Crippen LogP contribution in [0.5, 0.6) is 5.75 Å². The second-order valence-electron chi connectivity index (χ2n) is 3.52. The van der Waals surface area contributed by atoms with Gasteiger partial charge >= 0.3 is 0 Å². The molecule has 0 aromatic heterocycles. The lowest BCUT2D eigenvalue weighted by Gasteiger charge is -2.10. The van der Waals surface area contributed by atoms with Gasteiger partial charge in [-0.2, -0.15) is 0 Å². The summed E-state index contributed by atoms with van der Waals surface area (Å²) in [7, 11) is 0. The monoisotopic (exact) mass is 202 g/mol. The van der Waals surface area contributed by atoms with E-state index >= 15 is 0 Å². The van der Waals surface area contributed by atoms with E-state index in [9.17, 15) is 0 Å². The molecule has 0 spiro atoms. The van der Waals surface area contributed by atoms with Crippen molar-refractivity contribution in [2.45, 2.75) is 20.3 Å². The largest absolute Gasteiger partial charge is 0.489 e. The lowest BCUT2D eigenvalue weighted by atomic mass is 10.1. The van der Waals surface area contributed by atoms with E-state index in [1.54, 1.807) is 0 Å². The molecule has 1 rings (SSSR count). The maximum Gasteiger partial charge on any atom is 0.123 e. The first-order valence-electron chi connectivity index (χ1n) is 5.21. The molecule has 0 radical (unpaired) electrons. The van der Waals surface area contributed by atoms with E-state index in [4.69, 9.17) is 4.74 Å². The SMILES string of the molecule is C=CCc1ccccc1OC/C(C)=C\C. The fourth-order valence-corrected chi connectivity index (χ4v) is 1.24. The van der Waals surface area contributed by atoms with Crippen molar-refractivity contribution in [3.8, 4) is 5.75 Å². The van der Waals surface area contributed by atoms with Gasteiger partial charge < -0.3 is 4.74 Å². The van der Waals surface area contributed by atoms with E-state index in [-0.39, 0.29) is 0 Å². The summed E-state index contributed by atoms with van der Waals surface area (Å²) in [6, 6.07) is 8.09. The molecular formula is C14H18O. The summed E-state index contributed by atoms with van der Waals surface area (Å²) in [5.41, 5.74) is 2.43. The number of allylic oxidation sites excluding steroid dienone is 2. The topological polar surface area (TPSA) is 9.23 Å². The van der Waals surface area contributed by atoms with Gasteiger partial charge in [0.25, 0.3) is 0 Å². The van der Waals surface area contributed by atoms with Gasteiger partial charge in [-0.15, -0.1) is 6.58 Å². The van der Waals surface area contributed by atoms with Crippen LogP contribution in [0.25, 0.3) is 0 Å². The van der Waals surface area contributed by atoms with Gasteiger partial charge in [0.2, 0.25) is 0 Å². The Labute approximate surface area is 92.1 Å². The van der Waals surface area contributed by atoms with E-state index in [2.05, 4.69) is 25.6 Å². The molecule has 0 fully saturated rings. The highest BCUT2D eigenvalue weighted by Crippen LogP contribution is 2.19. The zero-order valence-electron chi connectivity index (χ0n) is 9.49. The lowest BCUT2D eigenvalue weighted by molar-refractivity contribution is 0.349. The van der Waals surface area contributed by atoms with Gasteiger partial charge in [0, 0.05) is 0 Å². The van der Waals surface area contributed by atoms with Crippen molar-refractivity contribution in [3.63, 3.8) is 0 Å². The van der Waals surface area contributed by atoms with Crippen molar-refractivity contribution in [2.24, 2.45) is 0 Å². The van der Waals surface area contributed by atoms with Gasteiger partial charge in [-0.25, -0.2) is 0 Å². The van der Waals surface area contributed by atoms with Crippen LogP contribution >= 0.6 is 0 Å². The van der Waals surface area contributed by atoms with Crippen LogP contribution in [0.1, 0.15) is 19.4 Å². The zero-order valence-corrected chi connectivity index (χ0v) is 9.49. The summed E-state index contributed by atoms with van der Waals surface area (Å²) in [6.07, 6.45) is 4.81. The number of hydrogen-bond donors (Lipinski definition) is 0. The normalized spacial score (nSPS) is 11.2. The Hall–Kier alpha value is -1.50. The van der Waals surface area contributed by atoms with E-state index in [1.165, 1.54) is 11.1 Å². The number of benzene rings is 1. The van der Waals surface area contributed by atoms with E-state index in [0.29, 0.717) is 6.61 Å². The quantitative estimate of drug-likeness (QED) is 0.660. The Morgan fingerprint density at radius 1 is 1.40 bits per heavy atom. The Kier molecular flexibility index (Phi) is 4.69. The summed E-state index contributed by atoms with van der Waals surface area (Å²) in [5, 5.41) is 0. The molecule has 0 aliphatic rings. The van der Waals surface area contributed by atoms with Crippen molar-refractivity contribution >= 4 is 0 Å². The van der Waals surface area contributed by atoms with Crippen LogP contribution in [-0.4, -0.2) is 6.61 Å². The fraction of sp³-hybridized carbons (Fsp3) is 0.286. The van der Waals surface area contributed by atoms with Gasteiger partial charge in [-0.05, 0) is 37.5 Å². The minimum Gasteiger partial charge on any atom is -0.489 e. The molecule has 0 N–H and O–H groups in total. The van der Waals surface area contributed by atoms with E-state index in [1.807, 2.05) is 31.2 Å². The summed E-state index contributed by atoms with van der Waals surface area (Å²) >= 11 is 0. The molecule has 1 heteroatoms. The molecule has 0 aliphatic heterocycles. The average molecular weight is 202 g/mol. The van der Waals surface area contributed by atoms with Gasteiger partial charge in [-0.1, -0.05) is 30.4 Å². The molecule has 1 aromatic rings. The maximum absolute atomic E-state index is 5.73. The third-order valence-electron chi connectivity index (χ3n) is 2.29. The van der Waals surface area contributed by atoms with Gasteiger partial charge in [0.1, 0.15) is 12.4 Å². The minimum absolute atomic E-state index is 0.657. The predicted octanol–water partition coefficient (Wildman–Crippen LogP) is 3.76. The first-order valence-corrected chi connectivity index (χ1v) is 5.21. The van der Waals surface area contributed by atoms with Crippen LogP contribution in [0.3, 0.4) is 0 Å². The van der Waals surface area contributed by atoms with Crippen LogP contribution in [0.4, 0.5) is 0 Å². The average Bonchev–Trinajstić information content (AvgIpc) is 2.28. The Balaban J connectivity index is 2.70. The third kappa shape index (κ3) is 3.62. The standard InChI is InChI=1S/C14H18O/c1-4-8-13-9-6-7-10-14(13)15-11-12(3)5-2/h4-7,9-10H,1,8,11H2,2-3H3/b12-5-. The van der Waals surface area contributed by atoms with Gasteiger partial charge in [0.05, 0.1) is 0 Å². The first kappa shape index (κ1) is 11.6. The smallest absolute Gasteiger partial charge is 0.123 e. The summed E-state index contributed by atoms with van der Waals surface area (Å²) in [5.74, 6) is 0.957. The van der Waals surface area contributed by atoms with Crippen molar-refractivity contribution in [1.82, 2.24) is 0 Å². The Bertz CT molecular complexity index is 350. The third-order valence-corrected chi connectivity index (χ3v) is 2.29. The molecular weight excluding hydrogens is 184 g/mol. The first-order chi connectivity index (χ1) is 7.27. The number of hydrogen-bond acceptors (Lipinski definition) is 1. The van der Waals surface area contributed by atoms with Gasteiger partial charge in [0.15, 0.2) is 0 Å². The van der Waals surface area contributed by atoms with Crippen LogP contribution in [0.2, 0.25) is 0 Å². The van der Waals surface area contributed by atoms with Gasteiger partial charge in [-0.3, -0.25) is 0 Å². The molecule has 0 unspecified atom stereocenters. The summed E-state index contributed by atoms with van der Waals surface area (Å²) in [4.78, 5) is 0. The van der Waals surface area contributed by atoms with Crippen molar-refractivity contribution < 1.29 is 4.74 Å². The predicted molar refractivity (Wildman–Crippen MR) is 65.3 cm³/mol. The highest BCUT2D eigenvalue weighted by Gasteiger charge is 2.00. The zero-order chi connectivity index (χ0) is 11.1. The summed E-state index contributed by atoms with van der Waals surface area (Å²) < 4.78 is 5.73.